The van der Waals surface area contributed by atoms with Crippen LogP contribution in [0.4, 0.5) is 0 Å². The van der Waals surface area contributed by atoms with Gasteiger partial charge in [0.1, 0.15) is 5.54 Å². The Morgan fingerprint density at radius 2 is 1.69 bits per heavy atom. The summed E-state index contributed by atoms with van der Waals surface area (Å²) >= 11 is 0. The van der Waals surface area contributed by atoms with Gasteiger partial charge in [0.15, 0.2) is 6.61 Å². The van der Waals surface area contributed by atoms with Crippen LogP contribution in [-0.2, 0) is 9.53 Å². The molecule has 32 heavy (non-hydrogen) atoms. The van der Waals surface area contributed by atoms with Crippen LogP contribution >= 0.6 is 0 Å². The summed E-state index contributed by atoms with van der Waals surface area (Å²) in [4.78, 5) is 51.7. The largest absolute Gasteiger partial charge is 0.452 e. The Kier molecular flexibility index (Phi) is 6.26. The smallest absolute Gasteiger partial charge is 0.338 e. The maximum atomic E-state index is 12.9. The first-order valence-corrected chi connectivity index (χ1v) is 11.4. The van der Waals surface area contributed by atoms with Crippen LogP contribution in [0.5, 0.6) is 0 Å². The van der Waals surface area contributed by atoms with Crippen LogP contribution in [-0.4, -0.2) is 46.8 Å². The summed E-state index contributed by atoms with van der Waals surface area (Å²) in [5, 5.41) is 12.2. The minimum absolute atomic E-state index is 0.0949. The second kappa shape index (κ2) is 9.11. The predicted octanol–water partition coefficient (Wildman–Crippen LogP) is 3.11. The molecule has 0 saturated heterocycles. The molecular formula is C24H27N3O5. The normalized spacial score (nSPS) is 20.4. The van der Waals surface area contributed by atoms with E-state index < -0.39 is 24.0 Å². The summed E-state index contributed by atoms with van der Waals surface area (Å²) in [6.45, 7) is -0.513. The van der Waals surface area contributed by atoms with Gasteiger partial charge in [-0.3, -0.25) is 19.3 Å². The van der Waals surface area contributed by atoms with Gasteiger partial charge in [0.25, 0.3) is 17.7 Å². The van der Waals surface area contributed by atoms with Crippen LogP contribution in [0, 0.1) is 11.3 Å². The molecule has 0 aromatic heterocycles. The molecule has 1 N–H and O–H groups in total. The highest BCUT2D eigenvalue weighted by Gasteiger charge is 2.40. The zero-order valence-electron chi connectivity index (χ0n) is 18.0. The Hall–Kier alpha value is -3.21. The number of ether oxygens (including phenoxy) is 1. The van der Waals surface area contributed by atoms with Gasteiger partial charge in [-0.2, -0.15) is 5.26 Å². The third-order valence-electron chi connectivity index (χ3n) is 6.73. The second-order valence-electron chi connectivity index (χ2n) is 8.91. The fourth-order valence-electron chi connectivity index (χ4n) is 4.99. The lowest BCUT2D eigenvalue weighted by atomic mass is 9.83. The quantitative estimate of drug-likeness (QED) is 0.559. The molecule has 0 atom stereocenters. The average Bonchev–Trinajstić information content (AvgIpc) is 3.08. The van der Waals surface area contributed by atoms with Crippen LogP contribution in [0.3, 0.4) is 0 Å². The molecule has 4 rings (SSSR count). The second-order valence-corrected chi connectivity index (χ2v) is 8.91. The van der Waals surface area contributed by atoms with E-state index in [0.29, 0.717) is 18.4 Å². The first kappa shape index (κ1) is 22.0. The Balaban J connectivity index is 1.39. The van der Waals surface area contributed by atoms with Gasteiger partial charge in [-0.15, -0.1) is 0 Å². The molecule has 3 aliphatic rings. The van der Waals surface area contributed by atoms with Crippen LogP contribution < -0.4 is 5.32 Å². The standard InChI is InChI=1S/C24H27N3O5/c25-15-24(11-5-2-6-12-24)26-20(28)14-32-23(31)16-9-10-18-19(13-16)22(30)27(21(18)29)17-7-3-1-4-8-17/h9-10,13,17H,1-8,11-12,14H2,(H,26,28). The number of amides is 3. The summed E-state index contributed by atoms with van der Waals surface area (Å²) in [7, 11) is 0. The fourth-order valence-corrected chi connectivity index (χ4v) is 4.99. The number of hydrogen-bond donors (Lipinski definition) is 1. The van der Waals surface area contributed by atoms with Crippen LogP contribution in [0.15, 0.2) is 18.2 Å². The number of nitrogens with one attached hydrogen (secondary N) is 1. The van der Waals surface area contributed by atoms with E-state index in [-0.39, 0.29) is 29.0 Å². The molecule has 168 valence electrons. The van der Waals surface area contributed by atoms with Crippen molar-refractivity contribution in [3.8, 4) is 6.07 Å². The van der Waals surface area contributed by atoms with Crippen molar-refractivity contribution in [2.75, 3.05) is 6.61 Å². The predicted molar refractivity (Wildman–Crippen MR) is 114 cm³/mol. The lowest BCUT2D eigenvalue weighted by Crippen LogP contribution is -2.50. The number of imide groups is 1. The number of fused-ring (bicyclic) bond motifs is 1. The molecule has 1 aromatic carbocycles. The topological polar surface area (TPSA) is 117 Å². The summed E-state index contributed by atoms with van der Waals surface area (Å²) in [6.07, 6.45) is 8.64. The highest BCUT2D eigenvalue weighted by Crippen LogP contribution is 2.31. The van der Waals surface area contributed by atoms with Gasteiger partial charge < -0.3 is 10.1 Å². The maximum absolute atomic E-state index is 12.9. The monoisotopic (exact) mass is 437 g/mol. The molecule has 1 aliphatic heterocycles. The number of carbonyl (C=O) groups is 4. The summed E-state index contributed by atoms with van der Waals surface area (Å²) in [5.41, 5.74) is -0.297. The van der Waals surface area contributed by atoms with E-state index in [1.54, 1.807) is 0 Å². The molecule has 1 aromatic rings. The third kappa shape index (κ3) is 4.24. The van der Waals surface area contributed by atoms with Crippen molar-refractivity contribution in [2.24, 2.45) is 0 Å². The average molecular weight is 437 g/mol. The number of nitriles is 1. The van der Waals surface area contributed by atoms with Crippen molar-refractivity contribution in [1.82, 2.24) is 10.2 Å². The van der Waals surface area contributed by atoms with Gasteiger partial charge in [0.2, 0.25) is 0 Å². The van der Waals surface area contributed by atoms with Crippen molar-refractivity contribution in [3.05, 3.63) is 34.9 Å². The van der Waals surface area contributed by atoms with Gasteiger partial charge in [-0.1, -0.05) is 38.5 Å². The molecule has 0 unspecified atom stereocenters. The lowest BCUT2D eigenvalue weighted by molar-refractivity contribution is -0.125. The van der Waals surface area contributed by atoms with Crippen LogP contribution in [0.2, 0.25) is 0 Å². The van der Waals surface area contributed by atoms with E-state index in [1.807, 2.05) is 0 Å². The van der Waals surface area contributed by atoms with E-state index in [2.05, 4.69) is 11.4 Å². The number of esters is 1. The van der Waals surface area contributed by atoms with Crippen molar-refractivity contribution in [2.45, 2.75) is 75.8 Å². The van der Waals surface area contributed by atoms with Crippen molar-refractivity contribution >= 4 is 23.7 Å². The number of carbonyl (C=O) groups excluding carboxylic acids is 4. The van der Waals surface area contributed by atoms with Gasteiger partial charge >= 0.3 is 5.97 Å². The van der Waals surface area contributed by atoms with Crippen molar-refractivity contribution in [1.29, 1.82) is 5.26 Å². The molecule has 2 fully saturated rings. The SMILES string of the molecule is N#CC1(NC(=O)COC(=O)c2ccc3c(c2)C(=O)N(C2CCCCC2)C3=O)CCCCC1. The summed E-state index contributed by atoms with van der Waals surface area (Å²) in [5.74, 6) is -1.98. The molecule has 0 radical (unpaired) electrons. The molecule has 8 nitrogen and oxygen atoms in total. The minimum Gasteiger partial charge on any atom is -0.452 e. The molecule has 0 spiro atoms. The number of nitrogens with zero attached hydrogens (tertiary/aromatic N) is 2. The van der Waals surface area contributed by atoms with Crippen molar-refractivity contribution in [3.63, 3.8) is 0 Å². The number of hydrogen-bond acceptors (Lipinski definition) is 6. The third-order valence-corrected chi connectivity index (χ3v) is 6.73. The van der Waals surface area contributed by atoms with Crippen LogP contribution in [0.1, 0.15) is 95.3 Å². The Morgan fingerprint density at radius 1 is 1.03 bits per heavy atom. The molecule has 2 aliphatic carbocycles. The highest BCUT2D eigenvalue weighted by atomic mass is 16.5. The molecule has 8 heteroatoms. The summed E-state index contributed by atoms with van der Waals surface area (Å²) < 4.78 is 5.12. The molecule has 2 saturated carbocycles. The van der Waals surface area contributed by atoms with Gasteiger partial charge in [-0.25, -0.2) is 4.79 Å². The molecule has 0 bridgehead atoms. The van der Waals surface area contributed by atoms with E-state index in [9.17, 15) is 24.4 Å². The Morgan fingerprint density at radius 3 is 2.38 bits per heavy atom. The Bertz CT molecular complexity index is 984. The number of rotatable bonds is 5. The first-order chi connectivity index (χ1) is 15.4. The highest BCUT2D eigenvalue weighted by molar-refractivity contribution is 6.22. The van der Waals surface area contributed by atoms with Crippen molar-refractivity contribution < 1.29 is 23.9 Å². The number of benzene rings is 1. The Labute approximate surface area is 186 Å². The summed E-state index contributed by atoms with van der Waals surface area (Å²) in [6, 6.07) is 6.38. The molecular weight excluding hydrogens is 410 g/mol. The maximum Gasteiger partial charge on any atom is 0.338 e. The van der Waals surface area contributed by atoms with Crippen LogP contribution in [0.25, 0.3) is 0 Å². The minimum atomic E-state index is -0.898. The lowest BCUT2D eigenvalue weighted by Gasteiger charge is -2.31. The zero-order valence-corrected chi connectivity index (χ0v) is 18.0. The van der Waals surface area contributed by atoms with E-state index in [1.165, 1.54) is 23.1 Å². The van der Waals surface area contributed by atoms with Gasteiger partial charge in [0.05, 0.1) is 22.8 Å². The molecule has 1 heterocycles. The van der Waals surface area contributed by atoms with E-state index >= 15 is 0 Å². The fraction of sp³-hybridized carbons (Fsp3) is 0.542. The first-order valence-electron chi connectivity index (χ1n) is 11.4. The van der Waals surface area contributed by atoms with E-state index in [4.69, 9.17) is 4.74 Å². The van der Waals surface area contributed by atoms with E-state index in [0.717, 1.165) is 51.4 Å². The molecule has 3 amide bonds. The van der Waals surface area contributed by atoms with Gasteiger partial charge in [-0.05, 0) is 43.9 Å². The van der Waals surface area contributed by atoms with Gasteiger partial charge in [0, 0.05) is 6.04 Å². The zero-order chi connectivity index (χ0) is 22.7.